The molecule has 5 nitrogen and oxygen atoms in total. The zero-order valence-corrected chi connectivity index (χ0v) is 12.3. The molecule has 0 aromatic heterocycles. The second-order valence-electron chi connectivity index (χ2n) is 4.38. The monoisotopic (exact) mass is 301 g/mol. The Labute approximate surface area is 124 Å². The van der Waals surface area contributed by atoms with Gasteiger partial charge in [-0.2, -0.15) is 5.26 Å². The lowest BCUT2D eigenvalue weighted by atomic mass is 10.1. The van der Waals surface area contributed by atoms with Crippen molar-refractivity contribution in [3.05, 3.63) is 59.7 Å². The molecule has 0 aliphatic carbocycles. The van der Waals surface area contributed by atoms with E-state index in [4.69, 9.17) is 5.26 Å². The van der Waals surface area contributed by atoms with Crippen molar-refractivity contribution in [3.8, 4) is 6.07 Å². The first kappa shape index (κ1) is 15.0. The molecule has 2 aromatic rings. The van der Waals surface area contributed by atoms with Crippen LogP contribution in [0.3, 0.4) is 0 Å². The summed E-state index contributed by atoms with van der Waals surface area (Å²) in [4.78, 5) is 0.198. The van der Waals surface area contributed by atoms with E-state index < -0.39 is 10.0 Å². The lowest BCUT2D eigenvalue weighted by Crippen LogP contribution is -2.24. The highest BCUT2D eigenvalue weighted by atomic mass is 32.2. The first-order valence-electron chi connectivity index (χ1n) is 6.32. The van der Waals surface area contributed by atoms with Crippen molar-refractivity contribution in [1.82, 2.24) is 4.72 Å². The van der Waals surface area contributed by atoms with Crippen molar-refractivity contribution in [1.29, 1.82) is 5.26 Å². The minimum atomic E-state index is -3.62. The van der Waals surface area contributed by atoms with Crippen LogP contribution in [0.25, 0.3) is 0 Å². The Bertz CT molecular complexity index is 780. The Morgan fingerprint density at radius 1 is 1.14 bits per heavy atom. The van der Waals surface area contributed by atoms with Crippen LogP contribution in [0.1, 0.15) is 11.1 Å². The molecule has 0 radical (unpaired) electrons. The molecule has 0 saturated carbocycles. The standard InChI is InChI=1S/C15H15N3O2S/c1-17-14-7-2-3-8-15(14)21(19,20)18-11-13-6-4-5-12(9-13)10-16/h2-9,17-18H,11H2,1H3. The van der Waals surface area contributed by atoms with Gasteiger partial charge in [0.2, 0.25) is 10.0 Å². The van der Waals surface area contributed by atoms with Crippen molar-refractivity contribution in [2.24, 2.45) is 0 Å². The quantitative estimate of drug-likeness (QED) is 0.886. The summed E-state index contributed by atoms with van der Waals surface area (Å²) in [7, 11) is -1.94. The van der Waals surface area contributed by atoms with Gasteiger partial charge in [0.05, 0.1) is 17.3 Å². The third-order valence-corrected chi connectivity index (χ3v) is 4.43. The second-order valence-corrected chi connectivity index (χ2v) is 6.12. The number of sulfonamides is 1. The molecule has 0 fully saturated rings. The highest BCUT2D eigenvalue weighted by molar-refractivity contribution is 7.89. The highest BCUT2D eigenvalue weighted by Crippen LogP contribution is 2.20. The van der Waals surface area contributed by atoms with E-state index in [-0.39, 0.29) is 11.4 Å². The van der Waals surface area contributed by atoms with Crippen molar-refractivity contribution in [2.75, 3.05) is 12.4 Å². The molecule has 6 heteroatoms. The van der Waals surface area contributed by atoms with Gasteiger partial charge in [0.1, 0.15) is 4.90 Å². The van der Waals surface area contributed by atoms with E-state index in [1.165, 1.54) is 0 Å². The van der Waals surface area contributed by atoms with Gasteiger partial charge >= 0.3 is 0 Å². The SMILES string of the molecule is CNc1ccccc1S(=O)(=O)NCc1cccc(C#N)c1. The zero-order chi connectivity index (χ0) is 15.3. The number of rotatable bonds is 5. The zero-order valence-electron chi connectivity index (χ0n) is 11.5. The van der Waals surface area contributed by atoms with Gasteiger partial charge in [0.25, 0.3) is 0 Å². The maximum absolute atomic E-state index is 12.3. The molecule has 0 aliphatic heterocycles. The van der Waals surface area contributed by atoms with Gasteiger partial charge < -0.3 is 5.32 Å². The van der Waals surface area contributed by atoms with Gasteiger partial charge in [-0.05, 0) is 29.8 Å². The van der Waals surface area contributed by atoms with Crippen molar-refractivity contribution in [3.63, 3.8) is 0 Å². The van der Waals surface area contributed by atoms with E-state index in [1.54, 1.807) is 55.6 Å². The van der Waals surface area contributed by atoms with Gasteiger partial charge in [-0.3, -0.25) is 0 Å². The molecule has 0 amide bonds. The summed E-state index contributed by atoms with van der Waals surface area (Å²) in [6.45, 7) is 0.135. The van der Waals surface area contributed by atoms with Crippen LogP contribution in [0.4, 0.5) is 5.69 Å². The fourth-order valence-corrected chi connectivity index (χ4v) is 3.14. The van der Waals surface area contributed by atoms with Crippen molar-refractivity contribution >= 4 is 15.7 Å². The molecule has 21 heavy (non-hydrogen) atoms. The Morgan fingerprint density at radius 2 is 1.90 bits per heavy atom. The number of nitrogens with zero attached hydrogens (tertiary/aromatic N) is 1. The van der Waals surface area contributed by atoms with Crippen molar-refractivity contribution < 1.29 is 8.42 Å². The minimum absolute atomic E-state index is 0.135. The summed E-state index contributed by atoms with van der Waals surface area (Å²) in [6, 6.07) is 15.5. The van der Waals surface area contributed by atoms with E-state index in [0.29, 0.717) is 11.3 Å². The average Bonchev–Trinajstić information content (AvgIpc) is 2.53. The predicted molar refractivity (Wildman–Crippen MR) is 81.2 cm³/mol. The fraction of sp³-hybridized carbons (Fsp3) is 0.133. The van der Waals surface area contributed by atoms with Crippen LogP contribution in [-0.4, -0.2) is 15.5 Å². The summed E-state index contributed by atoms with van der Waals surface area (Å²) >= 11 is 0. The number of anilines is 1. The van der Waals surface area contributed by atoms with Gasteiger partial charge in [0.15, 0.2) is 0 Å². The molecular weight excluding hydrogens is 286 g/mol. The minimum Gasteiger partial charge on any atom is -0.387 e. The average molecular weight is 301 g/mol. The van der Waals surface area contributed by atoms with E-state index in [9.17, 15) is 8.42 Å². The Hall–Kier alpha value is -2.36. The van der Waals surface area contributed by atoms with Crippen molar-refractivity contribution in [2.45, 2.75) is 11.4 Å². The molecule has 108 valence electrons. The van der Waals surface area contributed by atoms with Gasteiger partial charge in [-0.15, -0.1) is 0 Å². The molecule has 0 saturated heterocycles. The van der Waals surface area contributed by atoms with Crippen LogP contribution in [0.5, 0.6) is 0 Å². The highest BCUT2D eigenvalue weighted by Gasteiger charge is 2.17. The molecule has 2 N–H and O–H groups in total. The number of para-hydroxylation sites is 1. The molecule has 2 rings (SSSR count). The largest absolute Gasteiger partial charge is 0.387 e. The van der Waals surface area contributed by atoms with Gasteiger partial charge in [0, 0.05) is 13.6 Å². The Kier molecular flexibility index (Phi) is 4.58. The number of hydrogen-bond acceptors (Lipinski definition) is 4. The molecule has 0 heterocycles. The van der Waals surface area contributed by atoms with Crippen LogP contribution in [-0.2, 0) is 16.6 Å². The van der Waals surface area contributed by atoms with Crippen LogP contribution in [0.15, 0.2) is 53.4 Å². The van der Waals surface area contributed by atoms with E-state index in [1.807, 2.05) is 6.07 Å². The molecule has 0 spiro atoms. The van der Waals surface area contributed by atoms with Gasteiger partial charge in [-0.1, -0.05) is 24.3 Å². The van der Waals surface area contributed by atoms with Crippen LogP contribution >= 0.6 is 0 Å². The Balaban J connectivity index is 2.20. The summed E-state index contributed by atoms with van der Waals surface area (Å²) < 4.78 is 27.2. The number of hydrogen-bond donors (Lipinski definition) is 2. The molecule has 2 aromatic carbocycles. The molecular formula is C15H15N3O2S. The van der Waals surface area contributed by atoms with E-state index in [0.717, 1.165) is 5.56 Å². The summed E-state index contributed by atoms with van der Waals surface area (Å²) in [5.41, 5.74) is 1.78. The maximum atomic E-state index is 12.3. The topological polar surface area (TPSA) is 82.0 Å². The first-order chi connectivity index (χ1) is 10.1. The first-order valence-corrected chi connectivity index (χ1v) is 7.80. The third-order valence-electron chi connectivity index (χ3n) is 2.97. The molecule has 0 unspecified atom stereocenters. The Morgan fingerprint density at radius 3 is 2.62 bits per heavy atom. The fourth-order valence-electron chi connectivity index (χ4n) is 1.91. The number of nitrogens with one attached hydrogen (secondary N) is 2. The van der Waals surface area contributed by atoms with E-state index >= 15 is 0 Å². The second kappa shape index (κ2) is 6.39. The summed E-state index contributed by atoms with van der Waals surface area (Å²) in [5.74, 6) is 0. The van der Waals surface area contributed by atoms with Gasteiger partial charge in [-0.25, -0.2) is 13.1 Å². The smallest absolute Gasteiger partial charge is 0.242 e. The number of benzene rings is 2. The van der Waals surface area contributed by atoms with E-state index in [2.05, 4.69) is 10.0 Å². The molecule has 0 bridgehead atoms. The van der Waals surface area contributed by atoms with Crippen LogP contribution in [0.2, 0.25) is 0 Å². The summed E-state index contributed by atoms with van der Waals surface area (Å²) in [5, 5.41) is 11.7. The lowest BCUT2D eigenvalue weighted by molar-refractivity contribution is 0.581. The maximum Gasteiger partial charge on any atom is 0.242 e. The van der Waals surface area contributed by atoms with Crippen LogP contribution < -0.4 is 10.0 Å². The molecule has 0 aliphatic rings. The number of nitriles is 1. The summed E-state index contributed by atoms with van der Waals surface area (Å²) in [6.07, 6.45) is 0. The van der Waals surface area contributed by atoms with Crippen LogP contribution in [0, 0.1) is 11.3 Å². The third kappa shape index (κ3) is 3.60. The molecule has 0 atom stereocenters. The normalized spacial score (nSPS) is 10.9. The lowest BCUT2D eigenvalue weighted by Gasteiger charge is -2.11. The predicted octanol–water partition coefficient (Wildman–Crippen LogP) is 2.08.